The quantitative estimate of drug-likeness (QED) is 0.428. The van der Waals surface area contributed by atoms with E-state index in [1.165, 1.54) is 6.33 Å². The highest BCUT2D eigenvalue weighted by molar-refractivity contribution is 7.92. The first kappa shape index (κ1) is 19.0. The number of fused-ring (bicyclic) bond motifs is 1. The van der Waals surface area contributed by atoms with Crippen LogP contribution in [0.25, 0.3) is 22.3 Å². The number of hydrogen-bond acceptors (Lipinski definition) is 5. The number of anilines is 1. The molecular formula is C22H18N6O2S. The van der Waals surface area contributed by atoms with Crippen LogP contribution < -0.4 is 4.72 Å². The van der Waals surface area contributed by atoms with E-state index in [1.807, 2.05) is 30.6 Å². The minimum Gasteiger partial charge on any atom is -0.346 e. The van der Waals surface area contributed by atoms with Crippen molar-refractivity contribution in [2.45, 2.75) is 11.4 Å². The Morgan fingerprint density at radius 2 is 1.87 bits per heavy atom. The van der Waals surface area contributed by atoms with E-state index in [4.69, 9.17) is 0 Å². The molecule has 8 nitrogen and oxygen atoms in total. The van der Waals surface area contributed by atoms with Gasteiger partial charge in [0, 0.05) is 29.0 Å². The van der Waals surface area contributed by atoms with Crippen LogP contribution in [0, 0.1) is 0 Å². The molecule has 31 heavy (non-hydrogen) atoms. The lowest BCUT2D eigenvalue weighted by Gasteiger charge is -2.10. The van der Waals surface area contributed by atoms with Crippen molar-refractivity contribution in [2.75, 3.05) is 4.72 Å². The molecule has 0 aliphatic rings. The predicted octanol–water partition coefficient (Wildman–Crippen LogP) is 3.67. The van der Waals surface area contributed by atoms with Gasteiger partial charge < -0.3 is 4.98 Å². The maximum absolute atomic E-state index is 12.6. The van der Waals surface area contributed by atoms with E-state index < -0.39 is 10.0 Å². The Labute approximate surface area is 178 Å². The lowest BCUT2D eigenvalue weighted by molar-refractivity contribution is 0.601. The summed E-state index contributed by atoms with van der Waals surface area (Å²) in [6, 6.07) is 17.5. The number of rotatable bonds is 6. The number of hydrogen-bond donors (Lipinski definition) is 2. The van der Waals surface area contributed by atoms with Gasteiger partial charge in [0.2, 0.25) is 0 Å². The molecule has 0 atom stereocenters. The number of H-pyrrole nitrogens is 1. The van der Waals surface area contributed by atoms with Gasteiger partial charge in [-0.05, 0) is 35.9 Å². The molecule has 0 aliphatic heterocycles. The predicted molar refractivity (Wildman–Crippen MR) is 118 cm³/mol. The molecule has 0 fully saturated rings. The van der Waals surface area contributed by atoms with Gasteiger partial charge in [-0.2, -0.15) is 5.10 Å². The minimum absolute atomic E-state index is 0.220. The monoisotopic (exact) mass is 430 g/mol. The highest BCUT2D eigenvalue weighted by atomic mass is 32.2. The maximum Gasteiger partial charge on any atom is 0.261 e. The van der Waals surface area contributed by atoms with Gasteiger partial charge in [0.1, 0.15) is 12.0 Å². The fourth-order valence-electron chi connectivity index (χ4n) is 3.41. The van der Waals surface area contributed by atoms with Crippen LogP contribution in [-0.2, 0) is 16.6 Å². The third-order valence-electron chi connectivity index (χ3n) is 4.84. The zero-order valence-corrected chi connectivity index (χ0v) is 17.1. The van der Waals surface area contributed by atoms with Crippen LogP contribution in [0.4, 0.5) is 5.69 Å². The molecular weight excluding hydrogens is 412 g/mol. The summed E-state index contributed by atoms with van der Waals surface area (Å²) in [6.45, 7) is 0.488. The summed E-state index contributed by atoms with van der Waals surface area (Å²) < 4.78 is 29.6. The summed E-state index contributed by atoms with van der Waals surface area (Å²) in [5, 5.41) is 5.37. The first-order valence-corrected chi connectivity index (χ1v) is 11.0. The van der Waals surface area contributed by atoms with Crippen LogP contribution >= 0.6 is 0 Å². The Hall–Kier alpha value is -3.98. The molecule has 0 radical (unpaired) electrons. The lowest BCUT2D eigenvalue weighted by atomic mass is 10.2. The van der Waals surface area contributed by atoms with Gasteiger partial charge >= 0.3 is 0 Å². The van der Waals surface area contributed by atoms with Gasteiger partial charge in [0.05, 0.1) is 23.3 Å². The highest BCUT2D eigenvalue weighted by Gasteiger charge is 2.14. The standard InChI is InChI=1S/C22H18N6O2S/c29-31(30,19-7-2-1-3-8-19)27-18-6-4-5-16(11-18)13-28-14-17(12-26-28)21-20-9-10-23-22(20)25-15-24-21/h1-12,14-15,27H,13H2,(H,23,24,25). The third kappa shape index (κ3) is 3.90. The van der Waals surface area contributed by atoms with E-state index >= 15 is 0 Å². The first-order chi connectivity index (χ1) is 15.1. The molecule has 0 bridgehead atoms. The lowest BCUT2D eigenvalue weighted by Crippen LogP contribution is -2.13. The summed E-state index contributed by atoms with van der Waals surface area (Å²) >= 11 is 0. The van der Waals surface area contributed by atoms with E-state index in [1.54, 1.807) is 53.3 Å². The van der Waals surface area contributed by atoms with Gasteiger partial charge in [-0.3, -0.25) is 9.40 Å². The Morgan fingerprint density at radius 3 is 2.74 bits per heavy atom. The SMILES string of the molecule is O=S(=O)(Nc1cccc(Cn2cc(-c3ncnc4[nH]ccc34)cn2)c1)c1ccccc1. The number of benzene rings is 2. The van der Waals surface area contributed by atoms with Gasteiger partial charge in [0.15, 0.2) is 0 Å². The van der Waals surface area contributed by atoms with Gasteiger partial charge in [0.25, 0.3) is 10.0 Å². The van der Waals surface area contributed by atoms with E-state index in [2.05, 4.69) is 24.8 Å². The number of nitrogens with one attached hydrogen (secondary N) is 2. The maximum atomic E-state index is 12.6. The third-order valence-corrected chi connectivity index (χ3v) is 6.24. The average molecular weight is 430 g/mol. The molecule has 0 saturated carbocycles. The van der Waals surface area contributed by atoms with Crippen LogP contribution in [0.2, 0.25) is 0 Å². The number of aromatic nitrogens is 5. The van der Waals surface area contributed by atoms with E-state index in [9.17, 15) is 8.42 Å². The summed E-state index contributed by atoms with van der Waals surface area (Å²) in [5.41, 5.74) is 3.88. The van der Waals surface area contributed by atoms with Crippen molar-refractivity contribution in [1.82, 2.24) is 24.7 Å². The van der Waals surface area contributed by atoms with Crippen molar-refractivity contribution in [3.05, 3.63) is 91.1 Å². The second-order valence-electron chi connectivity index (χ2n) is 7.01. The molecule has 0 unspecified atom stereocenters. The molecule has 154 valence electrons. The van der Waals surface area contributed by atoms with Crippen molar-refractivity contribution >= 4 is 26.7 Å². The fourth-order valence-corrected chi connectivity index (χ4v) is 4.48. The molecule has 2 N–H and O–H groups in total. The normalized spacial score (nSPS) is 11.6. The topological polar surface area (TPSA) is 106 Å². The van der Waals surface area contributed by atoms with Crippen LogP contribution in [0.1, 0.15) is 5.56 Å². The average Bonchev–Trinajstić information content (AvgIpc) is 3.44. The van der Waals surface area contributed by atoms with Gasteiger partial charge in [-0.1, -0.05) is 30.3 Å². The van der Waals surface area contributed by atoms with Crippen molar-refractivity contribution in [1.29, 1.82) is 0 Å². The van der Waals surface area contributed by atoms with Crippen molar-refractivity contribution in [3.8, 4) is 11.3 Å². The molecule has 3 aromatic heterocycles. The van der Waals surface area contributed by atoms with Crippen LogP contribution in [0.15, 0.2) is 90.5 Å². The van der Waals surface area contributed by atoms with Crippen molar-refractivity contribution in [2.24, 2.45) is 0 Å². The van der Waals surface area contributed by atoms with Crippen molar-refractivity contribution in [3.63, 3.8) is 0 Å². The second kappa shape index (κ2) is 7.69. The van der Waals surface area contributed by atoms with Crippen LogP contribution in [-0.4, -0.2) is 33.2 Å². The smallest absolute Gasteiger partial charge is 0.261 e. The number of nitrogens with zero attached hydrogens (tertiary/aromatic N) is 4. The summed E-state index contributed by atoms with van der Waals surface area (Å²) in [5.74, 6) is 0. The number of aromatic amines is 1. The Bertz CT molecular complexity index is 1460. The molecule has 9 heteroatoms. The zero-order chi connectivity index (χ0) is 21.3. The van der Waals surface area contributed by atoms with E-state index in [0.29, 0.717) is 12.2 Å². The molecule has 3 heterocycles. The Kier molecular flexibility index (Phi) is 4.72. The molecule has 0 aliphatic carbocycles. The van der Waals surface area contributed by atoms with Gasteiger partial charge in [-0.15, -0.1) is 0 Å². The molecule has 0 saturated heterocycles. The Balaban J connectivity index is 1.37. The molecule has 5 aromatic rings. The van der Waals surface area contributed by atoms with Gasteiger partial charge in [-0.25, -0.2) is 18.4 Å². The largest absolute Gasteiger partial charge is 0.346 e. The summed E-state index contributed by atoms with van der Waals surface area (Å²) in [7, 11) is -3.64. The van der Waals surface area contributed by atoms with E-state index in [-0.39, 0.29) is 4.90 Å². The highest BCUT2D eigenvalue weighted by Crippen LogP contribution is 2.24. The second-order valence-corrected chi connectivity index (χ2v) is 8.69. The Morgan fingerprint density at radius 1 is 1.00 bits per heavy atom. The first-order valence-electron chi connectivity index (χ1n) is 9.56. The van der Waals surface area contributed by atoms with E-state index in [0.717, 1.165) is 27.9 Å². The zero-order valence-electron chi connectivity index (χ0n) is 16.3. The van der Waals surface area contributed by atoms with Crippen molar-refractivity contribution < 1.29 is 8.42 Å². The molecule has 0 amide bonds. The summed E-state index contributed by atoms with van der Waals surface area (Å²) in [4.78, 5) is 11.9. The molecule has 2 aromatic carbocycles. The molecule has 5 rings (SSSR count). The molecule has 0 spiro atoms. The minimum atomic E-state index is -3.64. The van der Waals surface area contributed by atoms with Crippen LogP contribution in [0.5, 0.6) is 0 Å². The van der Waals surface area contributed by atoms with Crippen LogP contribution in [0.3, 0.4) is 0 Å². The summed E-state index contributed by atoms with van der Waals surface area (Å²) in [6.07, 6.45) is 7.02. The fraction of sp³-hybridized carbons (Fsp3) is 0.0455. The number of sulfonamides is 1.